The van der Waals surface area contributed by atoms with Crippen molar-refractivity contribution in [1.82, 2.24) is 9.78 Å². The van der Waals surface area contributed by atoms with Crippen LogP contribution < -0.4 is 10.5 Å². The molecule has 1 heterocycles. The van der Waals surface area contributed by atoms with Crippen molar-refractivity contribution < 1.29 is 9.13 Å². The summed E-state index contributed by atoms with van der Waals surface area (Å²) in [6, 6.07) is 0. The molecule has 0 saturated carbocycles. The van der Waals surface area contributed by atoms with E-state index in [-0.39, 0.29) is 6.54 Å². The van der Waals surface area contributed by atoms with Crippen LogP contribution in [0.5, 0.6) is 5.75 Å². The molecule has 0 aliphatic heterocycles. The molecule has 4 nitrogen and oxygen atoms in total. The summed E-state index contributed by atoms with van der Waals surface area (Å²) in [6.07, 6.45) is 1.21. The Balaban J connectivity index is 2.99. The zero-order valence-electron chi connectivity index (χ0n) is 8.53. The van der Waals surface area contributed by atoms with Gasteiger partial charge in [0.2, 0.25) is 0 Å². The molecule has 0 aliphatic rings. The molecule has 5 heteroatoms. The second kappa shape index (κ2) is 4.95. The minimum absolute atomic E-state index is 0.0498. The lowest BCUT2D eigenvalue weighted by Crippen LogP contribution is -2.14. The van der Waals surface area contributed by atoms with Gasteiger partial charge in [-0.05, 0) is 6.42 Å². The van der Waals surface area contributed by atoms with Gasteiger partial charge in [0.1, 0.15) is 5.69 Å². The Morgan fingerprint density at radius 2 is 2.43 bits per heavy atom. The first-order valence-corrected chi connectivity index (χ1v) is 4.68. The summed E-state index contributed by atoms with van der Waals surface area (Å²) in [4.78, 5) is 0. The van der Waals surface area contributed by atoms with Crippen molar-refractivity contribution in [3.63, 3.8) is 0 Å². The van der Waals surface area contributed by atoms with Crippen LogP contribution in [0.15, 0.2) is 6.20 Å². The van der Waals surface area contributed by atoms with E-state index in [1.54, 1.807) is 4.68 Å². The van der Waals surface area contributed by atoms with E-state index < -0.39 is 6.17 Å². The first-order chi connectivity index (χ1) is 6.74. The fourth-order valence-corrected chi connectivity index (χ4v) is 1.35. The summed E-state index contributed by atoms with van der Waals surface area (Å²) >= 11 is 0. The van der Waals surface area contributed by atoms with E-state index in [2.05, 4.69) is 5.10 Å². The maximum Gasteiger partial charge on any atom is 0.163 e. The van der Waals surface area contributed by atoms with Gasteiger partial charge in [-0.25, -0.2) is 4.39 Å². The van der Waals surface area contributed by atoms with Crippen LogP contribution in [0.4, 0.5) is 4.39 Å². The van der Waals surface area contributed by atoms with Gasteiger partial charge in [0.05, 0.1) is 13.3 Å². The van der Waals surface area contributed by atoms with Crippen molar-refractivity contribution in [3.05, 3.63) is 11.9 Å². The second-order valence-electron chi connectivity index (χ2n) is 3.02. The van der Waals surface area contributed by atoms with Gasteiger partial charge in [-0.1, -0.05) is 6.92 Å². The average molecular weight is 201 g/mol. The van der Waals surface area contributed by atoms with Crippen LogP contribution in [0.3, 0.4) is 0 Å². The SMILES string of the molecule is CCCn1ncc(OC)c1C(F)CN. The van der Waals surface area contributed by atoms with E-state index in [1.807, 2.05) is 6.92 Å². The fourth-order valence-electron chi connectivity index (χ4n) is 1.35. The van der Waals surface area contributed by atoms with Gasteiger partial charge in [0.15, 0.2) is 11.9 Å². The maximum absolute atomic E-state index is 13.5. The number of methoxy groups -OCH3 is 1. The van der Waals surface area contributed by atoms with E-state index in [0.29, 0.717) is 18.0 Å². The predicted molar refractivity (Wildman–Crippen MR) is 52.0 cm³/mol. The van der Waals surface area contributed by atoms with Crippen LogP contribution in [-0.2, 0) is 6.54 Å². The van der Waals surface area contributed by atoms with Gasteiger partial charge in [0, 0.05) is 13.1 Å². The number of hydrogen-bond donors (Lipinski definition) is 1. The lowest BCUT2D eigenvalue weighted by molar-refractivity contribution is 0.310. The number of aromatic nitrogens is 2. The molecule has 0 aliphatic carbocycles. The molecule has 1 aromatic rings. The van der Waals surface area contributed by atoms with Crippen molar-refractivity contribution in [2.24, 2.45) is 5.73 Å². The minimum atomic E-state index is -1.21. The van der Waals surface area contributed by atoms with Crippen LogP contribution in [0, 0.1) is 0 Å². The molecule has 0 amide bonds. The Labute approximate surface area is 82.8 Å². The predicted octanol–water partition coefficient (Wildman–Crippen LogP) is 1.27. The van der Waals surface area contributed by atoms with E-state index in [9.17, 15) is 4.39 Å². The lowest BCUT2D eigenvalue weighted by atomic mass is 10.2. The topological polar surface area (TPSA) is 53.1 Å². The molecule has 14 heavy (non-hydrogen) atoms. The van der Waals surface area contributed by atoms with E-state index in [4.69, 9.17) is 10.5 Å². The number of hydrogen-bond acceptors (Lipinski definition) is 3. The number of halogens is 1. The molecular weight excluding hydrogens is 185 g/mol. The zero-order valence-corrected chi connectivity index (χ0v) is 8.53. The largest absolute Gasteiger partial charge is 0.493 e. The number of nitrogens with zero attached hydrogens (tertiary/aromatic N) is 2. The molecule has 1 atom stereocenters. The van der Waals surface area contributed by atoms with E-state index in [0.717, 1.165) is 6.42 Å². The van der Waals surface area contributed by atoms with Gasteiger partial charge in [-0.15, -0.1) is 0 Å². The Kier molecular flexibility index (Phi) is 3.88. The zero-order chi connectivity index (χ0) is 10.6. The molecule has 2 N–H and O–H groups in total. The van der Waals surface area contributed by atoms with Gasteiger partial charge < -0.3 is 10.5 Å². The summed E-state index contributed by atoms with van der Waals surface area (Å²) in [5.74, 6) is 0.469. The second-order valence-corrected chi connectivity index (χ2v) is 3.02. The third-order valence-electron chi connectivity index (χ3n) is 2.00. The molecule has 0 spiro atoms. The summed E-state index contributed by atoms with van der Waals surface area (Å²) in [5, 5.41) is 4.04. The van der Waals surface area contributed by atoms with Crippen LogP contribution in [-0.4, -0.2) is 23.4 Å². The molecule has 1 unspecified atom stereocenters. The van der Waals surface area contributed by atoms with Crippen molar-refractivity contribution in [2.75, 3.05) is 13.7 Å². The summed E-state index contributed by atoms with van der Waals surface area (Å²) in [6.45, 7) is 2.64. The van der Waals surface area contributed by atoms with Gasteiger partial charge in [-0.2, -0.15) is 5.10 Å². The van der Waals surface area contributed by atoms with E-state index in [1.165, 1.54) is 13.3 Å². The third-order valence-corrected chi connectivity index (χ3v) is 2.00. The third kappa shape index (κ3) is 2.04. The van der Waals surface area contributed by atoms with Gasteiger partial charge in [0.25, 0.3) is 0 Å². The highest BCUT2D eigenvalue weighted by molar-refractivity contribution is 5.27. The number of aryl methyl sites for hydroxylation is 1. The smallest absolute Gasteiger partial charge is 0.163 e. The normalized spacial score (nSPS) is 12.9. The van der Waals surface area contributed by atoms with Crippen molar-refractivity contribution in [2.45, 2.75) is 26.1 Å². The minimum Gasteiger partial charge on any atom is -0.493 e. The average Bonchev–Trinajstić information content (AvgIpc) is 2.60. The van der Waals surface area contributed by atoms with E-state index >= 15 is 0 Å². The summed E-state index contributed by atoms with van der Waals surface area (Å²) in [7, 11) is 1.50. The molecule has 80 valence electrons. The molecule has 0 fully saturated rings. The number of nitrogens with two attached hydrogens (primary N) is 1. The molecule has 0 bridgehead atoms. The Morgan fingerprint density at radius 1 is 1.71 bits per heavy atom. The quantitative estimate of drug-likeness (QED) is 0.780. The fraction of sp³-hybridized carbons (Fsp3) is 0.667. The molecule has 1 rings (SSSR count). The van der Waals surface area contributed by atoms with Gasteiger partial charge in [-0.3, -0.25) is 4.68 Å². The standard InChI is InChI=1S/C9H16FN3O/c1-3-4-13-9(7(10)5-11)8(14-2)6-12-13/h6-7H,3-5,11H2,1-2H3. The van der Waals surface area contributed by atoms with Crippen molar-refractivity contribution in [1.29, 1.82) is 0 Å². The number of alkyl halides is 1. The first-order valence-electron chi connectivity index (χ1n) is 4.68. The summed E-state index contributed by atoms with van der Waals surface area (Å²) in [5.41, 5.74) is 5.72. The molecular formula is C9H16FN3O. The van der Waals surface area contributed by atoms with Crippen LogP contribution >= 0.6 is 0 Å². The molecule has 0 saturated heterocycles. The molecule has 0 aromatic carbocycles. The van der Waals surface area contributed by atoms with Crippen molar-refractivity contribution >= 4 is 0 Å². The number of ether oxygens (including phenoxy) is 1. The number of rotatable bonds is 5. The molecule has 0 radical (unpaired) electrons. The molecule has 1 aromatic heterocycles. The highest BCUT2D eigenvalue weighted by atomic mass is 19.1. The van der Waals surface area contributed by atoms with Crippen LogP contribution in [0.2, 0.25) is 0 Å². The Morgan fingerprint density at radius 3 is 2.93 bits per heavy atom. The van der Waals surface area contributed by atoms with Crippen molar-refractivity contribution in [3.8, 4) is 5.75 Å². The van der Waals surface area contributed by atoms with Crippen LogP contribution in [0.25, 0.3) is 0 Å². The first kappa shape index (κ1) is 11.0. The maximum atomic E-state index is 13.5. The van der Waals surface area contributed by atoms with Gasteiger partial charge >= 0.3 is 0 Å². The monoisotopic (exact) mass is 201 g/mol. The Hall–Kier alpha value is -1.10. The lowest BCUT2D eigenvalue weighted by Gasteiger charge is -2.10. The Bertz CT molecular complexity index is 288. The highest BCUT2D eigenvalue weighted by Gasteiger charge is 2.19. The van der Waals surface area contributed by atoms with Crippen LogP contribution in [0.1, 0.15) is 25.2 Å². The summed E-state index contributed by atoms with van der Waals surface area (Å²) < 4.78 is 20.1. The highest BCUT2D eigenvalue weighted by Crippen LogP contribution is 2.26.